The van der Waals surface area contributed by atoms with Gasteiger partial charge < -0.3 is 15.4 Å². The van der Waals surface area contributed by atoms with Gasteiger partial charge in [0.15, 0.2) is 0 Å². The number of benzene rings is 1. The van der Waals surface area contributed by atoms with E-state index in [4.69, 9.17) is 10.5 Å². The van der Waals surface area contributed by atoms with Gasteiger partial charge in [-0.25, -0.2) is 0 Å². The zero-order chi connectivity index (χ0) is 13.5. The molecule has 0 radical (unpaired) electrons. The molecule has 0 amide bonds. The summed E-state index contributed by atoms with van der Waals surface area (Å²) < 4.78 is 5.85. The molecule has 3 heteroatoms. The van der Waals surface area contributed by atoms with Gasteiger partial charge in [0, 0.05) is 24.7 Å². The van der Waals surface area contributed by atoms with Crippen LogP contribution in [0.3, 0.4) is 0 Å². The van der Waals surface area contributed by atoms with E-state index < -0.39 is 0 Å². The molecular weight excluding hydrogens is 236 g/mol. The van der Waals surface area contributed by atoms with E-state index in [1.165, 1.54) is 25.8 Å². The second kappa shape index (κ2) is 7.51. The van der Waals surface area contributed by atoms with Gasteiger partial charge in [0.25, 0.3) is 0 Å². The van der Waals surface area contributed by atoms with E-state index in [1.807, 2.05) is 24.3 Å². The van der Waals surface area contributed by atoms with Crippen LogP contribution in [0.2, 0.25) is 0 Å². The van der Waals surface area contributed by atoms with Crippen molar-refractivity contribution in [3.05, 3.63) is 29.8 Å². The number of likely N-dealkylation sites (tertiary alicyclic amines) is 1. The second-order valence-corrected chi connectivity index (χ2v) is 5.25. The normalized spacial score (nSPS) is 19.8. The monoisotopic (exact) mass is 262 g/mol. The van der Waals surface area contributed by atoms with Crippen molar-refractivity contribution in [1.82, 2.24) is 4.90 Å². The Morgan fingerprint density at radius 1 is 1.37 bits per heavy atom. The van der Waals surface area contributed by atoms with Gasteiger partial charge in [-0.15, -0.1) is 0 Å². The van der Waals surface area contributed by atoms with Crippen LogP contribution >= 0.6 is 0 Å². The highest BCUT2D eigenvalue weighted by Crippen LogP contribution is 2.20. The molecule has 0 bridgehead atoms. The van der Waals surface area contributed by atoms with Gasteiger partial charge in [-0.3, -0.25) is 0 Å². The Bertz CT molecular complexity index is 381. The smallest absolute Gasteiger partial charge is 0.123 e. The van der Waals surface area contributed by atoms with Crippen molar-refractivity contribution < 1.29 is 4.74 Å². The van der Waals surface area contributed by atoms with E-state index >= 15 is 0 Å². The minimum Gasteiger partial charge on any atom is -0.493 e. The number of hydrogen-bond acceptors (Lipinski definition) is 3. The molecule has 19 heavy (non-hydrogen) atoms. The SMILES string of the molecule is CCC1CCCN1CCCOc1ccccc1CN. The molecule has 2 rings (SSSR count). The fraction of sp³-hybridized carbons (Fsp3) is 0.625. The van der Waals surface area contributed by atoms with Crippen LogP contribution in [0.4, 0.5) is 0 Å². The lowest BCUT2D eigenvalue weighted by atomic mass is 10.2. The molecule has 1 aromatic rings. The topological polar surface area (TPSA) is 38.5 Å². The molecule has 1 heterocycles. The van der Waals surface area contributed by atoms with Crippen LogP contribution in [0.25, 0.3) is 0 Å². The van der Waals surface area contributed by atoms with Crippen molar-refractivity contribution in [2.24, 2.45) is 5.73 Å². The molecule has 1 unspecified atom stereocenters. The van der Waals surface area contributed by atoms with E-state index in [9.17, 15) is 0 Å². The maximum atomic E-state index is 5.85. The summed E-state index contributed by atoms with van der Waals surface area (Å²) in [5.41, 5.74) is 6.80. The first-order valence-corrected chi connectivity index (χ1v) is 7.50. The Kier molecular flexibility index (Phi) is 5.67. The standard InChI is InChI=1S/C16H26N2O/c1-2-15-8-5-10-18(15)11-6-12-19-16-9-4-3-7-14(16)13-17/h3-4,7,9,15H,2,5-6,8,10-13,17H2,1H3. The van der Waals surface area contributed by atoms with Gasteiger partial charge in [0.2, 0.25) is 0 Å². The van der Waals surface area contributed by atoms with Crippen LogP contribution in [-0.4, -0.2) is 30.6 Å². The molecule has 1 aliphatic rings. The fourth-order valence-corrected chi connectivity index (χ4v) is 2.91. The summed E-state index contributed by atoms with van der Waals surface area (Å²) in [5, 5.41) is 0. The van der Waals surface area contributed by atoms with Gasteiger partial charge in [0.1, 0.15) is 5.75 Å². The average Bonchev–Trinajstić information content (AvgIpc) is 2.91. The molecule has 1 aliphatic heterocycles. The summed E-state index contributed by atoms with van der Waals surface area (Å²) in [5.74, 6) is 0.943. The number of rotatable bonds is 7. The van der Waals surface area contributed by atoms with E-state index in [2.05, 4.69) is 11.8 Å². The van der Waals surface area contributed by atoms with Gasteiger partial charge in [-0.2, -0.15) is 0 Å². The largest absolute Gasteiger partial charge is 0.493 e. The van der Waals surface area contributed by atoms with Crippen LogP contribution in [-0.2, 0) is 6.54 Å². The number of hydrogen-bond donors (Lipinski definition) is 1. The number of nitrogens with zero attached hydrogens (tertiary/aromatic N) is 1. The summed E-state index contributed by atoms with van der Waals surface area (Å²) in [7, 11) is 0. The maximum absolute atomic E-state index is 5.85. The Morgan fingerprint density at radius 2 is 2.21 bits per heavy atom. The first kappa shape index (κ1) is 14.4. The van der Waals surface area contributed by atoms with Crippen molar-refractivity contribution in [2.75, 3.05) is 19.7 Å². The third-order valence-corrected chi connectivity index (χ3v) is 4.01. The van der Waals surface area contributed by atoms with Crippen LogP contribution < -0.4 is 10.5 Å². The van der Waals surface area contributed by atoms with Gasteiger partial charge in [-0.05, 0) is 38.3 Å². The van der Waals surface area contributed by atoms with Gasteiger partial charge in [-0.1, -0.05) is 25.1 Å². The molecule has 3 nitrogen and oxygen atoms in total. The lowest BCUT2D eigenvalue weighted by Crippen LogP contribution is -2.30. The lowest BCUT2D eigenvalue weighted by molar-refractivity contribution is 0.217. The Morgan fingerprint density at radius 3 is 3.00 bits per heavy atom. The highest BCUT2D eigenvalue weighted by atomic mass is 16.5. The summed E-state index contributed by atoms with van der Waals surface area (Å²) >= 11 is 0. The third kappa shape index (κ3) is 3.95. The summed E-state index contributed by atoms with van der Waals surface area (Å²) in [4.78, 5) is 2.61. The molecule has 1 saturated heterocycles. The zero-order valence-corrected chi connectivity index (χ0v) is 12.0. The van der Waals surface area contributed by atoms with E-state index in [0.29, 0.717) is 6.54 Å². The lowest BCUT2D eigenvalue weighted by Gasteiger charge is -2.23. The molecule has 1 aromatic carbocycles. The van der Waals surface area contributed by atoms with Crippen molar-refractivity contribution in [3.63, 3.8) is 0 Å². The summed E-state index contributed by atoms with van der Waals surface area (Å²) in [6.07, 6.45) is 5.09. The molecule has 0 saturated carbocycles. The Hall–Kier alpha value is -1.06. The first-order chi connectivity index (χ1) is 9.35. The quantitative estimate of drug-likeness (QED) is 0.768. The Labute approximate surface area is 116 Å². The maximum Gasteiger partial charge on any atom is 0.123 e. The fourth-order valence-electron chi connectivity index (χ4n) is 2.91. The molecule has 1 atom stereocenters. The molecule has 2 N–H and O–H groups in total. The van der Waals surface area contributed by atoms with Crippen LogP contribution in [0, 0.1) is 0 Å². The van der Waals surface area contributed by atoms with Crippen molar-refractivity contribution in [3.8, 4) is 5.75 Å². The average molecular weight is 262 g/mol. The summed E-state index contributed by atoms with van der Waals surface area (Å²) in [6, 6.07) is 8.85. The zero-order valence-electron chi connectivity index (χ0n) is 12.0. The first-order valence-electron chi connectivity index (χ1n) is 7.50. The molecule has 106 valence electrons. The minimum atomic E-state index is 0.542. The minimum absolute atomic E-state index is 0.542. The summed E-state index contributed by atoms with van der Waals surface area (Å²) in [6.45, 7) is 6.03. The predicted octanol–water partition coefficient (Wildman–Crippen LogP) is 2.79. The van der Waals surface area contributed by atoms with Crippen molar-refractivity contribution in [2.45, 2.75) is 45.2 Å². The number of para-hydroxylation sites is 1. The highest BCUT2D eigenvalue weighted by Gasteiger charge is 2.21. The van der Waals surface area contributed by atoms with Crippen LogP contribution in [0.1, 0.15) is 38.2 Å². The van der Waals surface area contributed by atoms with E-state index in [0.717, 1.165) is 36.9 Å². The van der Waals surface area contributed by atoms with E-state index in [1.54, 1.807) is 0 Å². The molecular formula is C16H26N2O. The molecule has 1 fully saturated rings. The molecule has 0 spiro atoms. The van der Waals surface area contributed by atoms with Gasteiger partial charge >= 0.3 is 0 Å². The van der Waals surface area contributed by atoms with E-state index in [-0.39, 0.29) is 0 Å². The second-order valence-electron chi connectivity index (χ2n) is 5.25. The highest BCUT2D eigenvalue weighted by molar-refractivity contribution is 5.32. The van der Waals surface area contributed by atoms with Crippen LogP contribution in [0.15, 0.2) is 24.3 Å². The predicted molar refractivity (Wildman–Crippen MR) is 79.3 cm³/mol. The van der Waals surface area contributed by atoms with Gasteiger partial charge in [0.05, 0.1) is 6.61 Å². The van der Waals surface area contributed by atoms with Crippen molar-refractivity contribution >= 4 is 0 Å². The number of nitrogens with two attached hydrogens (primary N) is 1. The molecule has 0 aromatic heterocycles. The number of ether oxygens (including phenoxy) is 1. The van der Waals surface area contributed by atoms with Crippen molar-refractivity contribution in [1.29, 1.82) is 0 Å². The van der Waals surface area contributed by atoms with Crippen LogP contribution in [0.5, 0.6) is 5.75 Å². The third-order valence-electron chi connectivity index (χ3n) is 4.01. The Balaban J connectivity index is 1.72. The molecule has 0 aliphatic carbocycles.